The van der Waals surface area contributed by atoms with E-state index in [-0.39, 0.29) is 12.2 Å². The number of aryl methyl sites for hydroxylation is 1. The fourth-order valence-electron chi connectivity index (χ4n) is 3.41. The summed E-state index contributed by atoms with van der Waals surface area (Å²) >= 11 is 0. The molecule has 1 N–H and O–H groups in total. The van der Waals surface area contributed by atoms with Crippen LogP contribution < -0.4 is 9.64 Å². The van der Waals surface area contributed by atoms with Gasteiger partial charge in [0.05, 0.1) is 25.7 Å². The van der Waals surface area contributed by atoms with Crippen molar-refractivity contribution in [3.63, 3.8) is 0 Å². The first-order valence-corrected chi connectivity index (χ1v) is 9.01. The molecule has 3 atom stereocenters. The first kappa shape index (κ1) is 21.7. The lowest BCUT2D eigenvalue weighted by atomic mass is 10.0. The molecule has 0 aliphatic carbocycles. The number of aliphatic carboxylic acids is 1. The maximum Gasteiger partial charge on any atom is 0.490 e. The molecule has 4 heterocycles. The number of hydrogen-bond acceptors (Lipinski definition) is 9. The van der Waals surface area contributed by atoms with Crippen molar-refractivity contribution in [1.29, 1.82) is 0 Å². The Morgan fingerprint density at radius 1 is 1.37 bits per heavy atom. The Hall–Kier alpha value is -2.96. The number of anilines is 1. The van der Waals surface area contributed by atoms with Gasteiger partial charge in [0.15, 0.2) is 5.82 Å². The number of alkyl halides is 3. The lowest BCUT2D eigenvalue weighted by molar-refractivity contribution is -0.192. The molecule has 2 aromatic rings. The molecule has 2 aliphatic heterocycles. The van der Waals surface area contributed by atoms with E-state index in [2.05, 4.69) is 25.0 Å². The molecule has 0 spiro atoms. The molecule has 2 aliphatic rings. The summed E-state index contributed by atoms with van der Waals surface area (Å²) in [5.74, 6) is 0.543. The number of carboxylic acid groups (broad SMARTS) is 1. The molecule has 0 aromatic carbocycles. The second kappa shape index (κ2) is 8.81. The van der Waals surface area contributed by atoms with Crippen molar-refractivity contribution in [3.05, 3.63) is 24.1 Å². The van der Waals surface area contributed by atoms with Crippen molar-refractivity contribution in [1.82, 2.24) is 20.1 Å². The third-order valence-corrected chi connectivity index (χ3v) is 4.69. The number of halogens is 3. The standard InChI is InChI=1S/C15H19N5O3.C2HF3O2/c1-9-18-15(23-19-9)4-11-3-10-6-20(7-12(10)22-11)13-5-14(21-2)17-8-16-13;3-2(4,5)1(6)7/h5,8,10-12H,3-4,6-7H2,1-2H3;(H,6,7)/t10-,11-,12+;/m0./s1. The zero-order chi connectivity index (χ0) is 21.9. The summed E-state index contributed by atoms with van der Waals surface area (Å²) in [5.41, 5.74) is 0. The summed E-state index contributed by atoms with van der Waals surface area (Å²) in [7, 11) is 1.61. The number of carboxylic acids is 1. The van der Waals surface area contributed by atoms with Gasteiger partial charge in [-0.15, -0.1) is 0 Å². The van der Waals surface area contributed by atoms with E-state index < -0.39 is 12.1 Å². The predicted molar refractivity (Wildman–Crippen MR) is 94.0 cm³/mol. The fraction of sp³-hybridized carbons (Fsp3) is 0.588. The number of nitrogens with zero attached hydrogens (tertiary/aromatic N) is 5. The smallest absolute Gasteiger partial charge is 0.481 e. The highest BCUT2D eigenvalue weighted by atomic mass is 19.4. The van der Waals surface area contributed by atoms with Crippen molar-refractivity contribution in [2.24, 2.45) is 5.92 Å². The van der Waals surface area contributed by atoms with Gasteiger partial charge >= 0.3 is 12.1 Å². The Labute approximate surface area is 169 Å². The molecule has 2 saturated heterocycles. The summed E-state index contributed by atoms with van der Waals surface area (Å²) < 4.78 is 48.2. The molecule has 0 amide bonds. The van der Waals surface area contributed by atoms with Gasteiger partial charge in [0, 0.05) is 25.1 Å². The fourth-order valence-corrected chi connectivity index (χ4v) is 3.41. The van der Waals surface area contributed by atoms with Crippen LogP contribution in [0.4, 0.5) is 19.0 Å². The van der Waals surface area contributed by atoms with Crippen LogP contribution >= 0.6 is 0 Å². The van der Waals surface area contributed by atoms with Crippen molar-refractivity contribution < 1.29 is 37.1 Å². The van der Waals surface area contributed by atoms with Crippen molar-refractivity contribution >= 4 is 11.8 Å². The van der Waals surface area contributed by atoms with Crippen LogP contribution in [0.3, 0.4) is 0 Å². The van der Waals surface area contributed by atoms with E-state index in [9.17, 15) is 13.2 Å². The highest BCUT2D eigenvalue weighted by Crippen LogP contribution is 2.36. The number of ether oxygens (including phenoxy) is 2. The van der Waals surface area contributed by atoms with Gasteiger partial charge in [-0.05, 0) is 13.3 Å². The largest absolute Gasteiger partial charge is 0.490 e. The zero-order valence-corrected chi connectivity index (χ0v) is 16.2. The van der Waals surface area contributed by atoms with E-state index >= 15 is 0 Å². The monoisotopic (exact) mass is 431 g/mol. The topological polar surface area (TPSA) is 124 Å². The van der Waals surface area contributed by atoms with Gasteiger partial charge in [-0.1, -0.05) is 5.16 Å². The van der Waals surface area contributed by atoms with Crippen LogP contribution in [0, 0.1) is 12.8 Å². The minimum absolute atomic E-state index is 0.159. The van der Waals surface area contributed by atoms with Crippen LogP contribution in [0.25, 0.3) is 0 Å². The summed E-state index contributed by atoms with van der Waals surface area (Å²) in [4.78, 5) is 23.8. The van der Waals surface area contributed by atoms with Crippen LogP contribution in [0.2, 0.25) is 0 Å². The van der Waals surface area contributed by atoms with Gasteiger partial charge < -0.3 is 24.0 Å². The quantitative estimate of drug-likeness (QED) is 0.764. The van der Waals surface area contributed by atoms with Crippen molar-refractivity contribution in [2.75, 3.05) is 25.1 Å². The summed E-state index contributed by atoms with van der Waals surface area (Å²) in [5, 5.41) is 10.9. The number of methoxy groups -OCH3 is 1. The Morgan fingerprint density at radius 2 is 2.10 bits per heavy atom. The van der Waals surface area contributed by atoms with Crippen molar-refractivity contribution in [3.8, 4) is 5.88 Å². The molecule has 10 nitrogen and oxygen atoms in total. The first-order chi connectivity index (χ1) is 14.2. The molecule has 4 rings (SSSR count). The minimum atomic E-state index is -5.08. The first-order valence-electron chi connectivity index (χ1n) is 9.01. The third-order valence-electron chi connectivity index (χ3n) is 4.69. The normalized spacial score (nSPS) is 23.0. The molecule has 2 fully saturated rings. The van der Waals surface area contributed by atoms with Crippen LogP contribution in [0.5, 0.6) is 5.88 Å². The predicted octanol–water partition coefficient (Wildman–Crippen LogP) is 1.65. The molecule has 0 saturated carbocycles. The van der Waals surface area contributed by atoms with E-state index in [4.69, 9.17) is 23.9 Å². The maximum absolute atomic E-state index is 10.6. The van der Waals surface area contributed by atoms with E-state index in [1.54, 1.807) is 7.11 Å². The second-order valence-electron chi connectivity index (χ2n) is 6.86. The minimum Gasteiger partial charge on any atom is -0.481 e. The maximum atomic E-state index is 10.6. The molecule has 13 heteroatoms. The molecular formula is C17H20F3N5O5. The zero-order valence-electron chi connectivity index (χ0n) is 16.2. The highest BCUT2D eigenvalue weighted by molar-refractivity contribution is 5.73. The van der Waals surface area contributed by atoms with E-state index in [0.717, 1.165) is 25.3 Å². The molecule has 0 unspecified atom stereocenters. The van der Waals surface area contributed by atoms with Crippen LogP contribution in [0.1, 0.15) is 18.1 Å². The van der Waals surface area contributed by atoms with Crippen molar-refractivity contribution in [2.45, 2.75) is 38.1 Å². The highest BCUT2D eigenvalue weighted by Gasteiger charge is 2.43. The van der Waals surface area contributed by atoms with Crippen LogP contribution in [0.15, 0.2) is 16.9 Å². The number of rotatable bonds is 4. The van der Waals surface area contributed by atoms with Crippen LogP contribution in [-0.2, 0) is 16.0 Å². The van der Waals surface area contributed by atoms with E-state index in [1.165, 1.54) is 6.33 Å². The molecule has 164 valence electrons. The molecule has 2 aromatic heterocycles. The van der Waals surface area contributed by atoms with Gasteiger partial charge in [0.25, 0.3) is 0 Å². The average molecular weight is 431 g/mol. The van der Waals surface area contributed by atoms with Gasteiger partial charge in [-0.3, -0.25) is 0 Å². The van der Waals surface area contributed by atoms with Gasteiger partial charge in [-0.25, -0.2) is 14.8 Å². The van der Waals surface area contributed by atoms with Crippen LogP contribution in [-0.4, -0.2) is 69.8 Å². The number of aromatic nitrogens is 4. The molecule has 30 heavy (non-hydrogen) atoms. The number of carbonyl (C=O) groups is 1. The SMILES string of the molecule is COc1cc(N2C[C@@H]3C[C@@H](Cc4nc(C)no4)O[C@@H]3C2)ncn1.O=C(O)C(F)(F)F. The Morgan fingerprint density at radius 3 is 2.67 bits per heavy atom. The third kappa shape index (κ3) is 5.34. The molecular weight excluding hydrogens is 411 g/mol. The van der Waals surface area contributed by atoms with E-state index in [0.29, 0.717) is 29.9 Å². The lowest BCUT2D eigenvalue weighted by Crippen LogP contribution is -2.26. The average Bonchev–Trinajstić information content (AvgIpc) is 3.36. The second-order valence-corrected chi connectivity index (χ2v) is 6.86. The van der Waals surface area contributed by atoms with Gasteiger partial charge in [-0.2, -0.15) is 18.2 Å². The lowest BCUT2D eigenvalue weighted by Gasteiger charge is -2.19. The summed E-state index contributed by atoms with van der Waals surface area (Å²) in [6.07, 6.45) is -1.47. The number of hydrogen-bond donors (Lipinski definition) is 1. The summed E-state index contributed by atoms with van der Waals surface area (Å²) in [6.45, 7) is 3.60. The Bertz CT molecular complexity index is 863. The Balaban J connectivity index is 0.000000318. The molecule has 0 bridgehead atoms. The molecule has 0 radical (unpaired) electrons. The van der Waals surface area contributed by atoms with Gasteiger partial charge in [0.1, 0.15) is 12.1 Å². The summed E-state index contributed by atoms with van der Waals surface area (Å²) in [6, 6.07) is 1.86. The number of fused-ring (bicyclic) bond motifs is 1. The van der Waals surface area contributed by atoms with E-state index in [1.807, 2.05) is 13.0 Å². The Kier molecular flexibility index (Phi) is 6.39. The van der Waals surface area contributed by atoms with Gasteiger partial charge in [0.2, 0.25) is 11.8 Å².